The van der Waals surface area contributed by atoms with E-state index >= 15 is 0 Å². The normalized spacial score (nSPS) is 11.5. The minimum absolute atomic E-state index is 0.0238. The van der Waals surface area contributed by atoms with Crippen LogP contribution in [-0.4, -0.2) is 10.9 Å². The molecule has 1 heterocycles. The van der Waals surface area contributed by atoms with E-state index in [-0.39, 0.29) is 11.3 Å². The van der Waals surface area contributed by atoms with E-state index in [0.717, 1.165) is 12.1 Å². The molecule has 0 saturated carbocycles. The molecule has 0 aliphatic heterocycles. The molecular weight excluding hydrogens is 276 g/mol. The van der Waals surface area contributed by atoms with Gasteiger partial charge in [-0.05, 0) is 29.9 Å². The van der Waals surface area contributed by atoms with E-state index < -0.39 is 0 Å². The number of hydrogen-bond donors (Lipinski definition) is 1. The Balaban J connectivity index is 1.80. The van der Waals surface area contributed by atoms with Crippen LogP contribution in [0.3, 0.4) is 0 Å². The molecule has 22 heavy (non-hydrogen) atoms. The molecule has 0 spiro atoms. The topological polar surface area (TPSA) is 55.1 Å². The molecular formula is C18H24N2O2. The lowest BCUT2D eigenvalue weighted by Crippen LogP contribution is -2.23. The Morgan fingerprint density at radius 2 is 1.91 bits per heavy atom. The summed E-state index contributed by atoms with van der Waals surface area (Å²) in [6.07, 6.45) is 2.61. The second-order valence-corrected chi connectivity index (χ2v) is 6.58. The van der Waals surface area contributed by atoms with Crippen molar-refractivity contribution in [3.05, 3.63) is 53.2 Å². The number of amides is 1. The van der Waals surface area contributed by atoms with Crippen molar-refractivity contribution in [2.75, 3.05) is 0 Å². The van der Waals surface area contributed by atoms with E-state index in [4.69, 9.17) is 4.42 Å². The minimum atomic E-state index is 0.0238. The zero-order valence-electron chi connectivity index (χ0n) is 13.8. The fourth-order valence-corrected chi connectivity index (χ4v) is 2.19. The highest BCUT2D eigenvalue weighted by Gasteiger charge is 2.13. The lowest BCUT2D eigenvalue weighted by Gasteiger charge is -2.19. The first-order chi connectivity index (χ1) is 10.4. The average Bonchev–Trinajstić information content (AvgIpc) is 2.88. The van der Waals surface area contributed by atoms with Crippen LogP contribution in [0.15, 0.2) is 35.1 Å². The van der Waals surface area contributed by atoms with E-state index in [1.165, 1.54) is 17.5 Å². The number of nitrogens with zero attached hydrogens (tertiary/aromatic N) is 1. The maximum Gasteiger partial charge on any atom is 0.220 e. The van der Waals surface area contributed by atoms with Gasteiger partial charge in [-0.15, -0.1) is 0 Å². The van der Waals surface area contributed by atoms with E-state index in [0.29, 0.717) is 18.7 Å². The summed E-state index contributed by atoms with van der Waals surface area (Å²) in [5.41, 5.74) is 3.46. The van der Waals surface area contributed by atoms with Crippen molar-refractivity contribution < 1.29 is 9.21 Å². The fraction of sp³-hybridized carbons (Fsp3) is 0.444. The summed E-state index contributed by atoms with van der Waals surface area (Å²) in [5.74, 6) is 0.735. The van der Waals surface area contributed by atoms with Crippen molar-refractivity contribution in [1.82, 2.24) is 10.3 Å². The SMILES string of the molecule is Cc1ncoc1CNC(=O)CCc1ccc(C(C)(C)C)cc1. The molecule has 0 atom stereocenters. The third-order valence-corrected chi connectivity index (χ3v) is 3.75. The van der Waals surface area contributed by atoms with E-state index in [9.17, 15) is 4.79 Å². The Bertz CT molecular complexity index is 621. The summed E-state index contributed by atoms with van der Waals surface area (Å²) in [4.78, 5) is 15.9. The maximum absolute atomic E-state index is 11.9. The van der Waals surface area contributed by atoms with Gasteiger partial charge in [0.1, 0.15) is 5.76 Å². The Hall–Kier alpha value is -2.10. The molecule has 4 heteroatoms. The predicted molar refractivity (Wildman–Crippen MR) is 86.5 cm³/mol. The van der Waals surface area contributed by atoms with Crippen molar-refractivity contribution in [2.24, 2.45) is 0 Å². The standard InChI is InChI=1S/C18H24N2O2/c1-13-16(22-12-20-13)11-19-17(21)10-7-14-5-8-15(9-6-14)18(2,3)4/h5-6,8-9,12H,7,10-11H2,1-4H3,(H,19,21). The van der Waals surface area contributed by atoms with E-state index in [1.54, 1.807) is 0 Å². The first kappa shape index (κ1) is 16.3. The van der Waals surface area contributed by atoms with Gasteiger partial charge in [0.15, 0.2) is 6.39 Å². The molecule has 0 aliphatic rings. The van der Waals surface area contributed by atoms with Crippen LogP contribution in [0.4, 0.5) is 0 Å². The molecule has 0 fully saturated rings. The molecule has 118 valence electrons. The van der Waals surface area contributed by atoms with E-state index in [1.807, 2.05) is 6.92 Å². The van der Waals surface area contributed by atoms with Gasteiger partial charge in [0.2, 0.25) is 5.91 Å². The summed E-state index contributed by atoms with van der Waals surface area (Å²) in [7, 11) is 0. The molecule has 4 nitrogen and oxygen atoms in total. The molecule has 1 amide bonds. The van der Waals surface area contributed by atoms with Crippen LogP contribution in [0.5, 0.6) is 0 Å². The minimum Gasteiger partial charge on any atom is -0.446 e. The largest absolute Gasteiger partial charge is 0.446 e. The van der Waals surface area contributed by atoms with Crippen molar-refractivity contribution >= 4 is 5.91 Å². The van der Waals surface area contributed by atoms with Crippen LogP contribution in [0.1, 0.15) is 49.8 Å². The van der Waals surface area contributed by atoms with Gasteiger partial charge >= 0.3 is 0 Å². The summed E-state index contributed by atoms with van der Waals surface area (Å²) in [6.45, 7) is 8.85. The summed E-state index contributed by atoms with van der Waals surface area (Å²) in [6, 6.07) is 8.50. The number of rotatable bonds is 5. The third kappa shape index (κ3) is 4.45. The highest BCUT2D eigenvalue weighted by Crippen LogP contribution is 2.22. The van der Waals surface area contributed by atoms with Gasteiger partial charge in [-0.1, -0.05) is 45.0 Å². The zero-order chi connectivity index (χ0) is 16.2. The molecule has 1 N–H and O–H groups in total. The van der Waals surface area contributed by atoms with Crippen molar-refractivity contribution in [2.45, 2.75) is 52.5 Å². The highest BCUT2D eigenvalue weighted by molar-refractivity contribution is 5.76. The lowest BCUT2D eigenvalue weighted by molar-refractivity contribution is -0.121. The van der Waals surface area contributed by atoms with Crippen molar-refractivity contribution in [3.63, 3.8) is 0 Å². The number of nitrogens with one attached hydrogen (secondary N) is 1. The summed E-state index contributed by atoms with van der Waals surface area (Å²) < 4.78 is 5.20. The van der Waals surface area contributed by atoms with Gasteiger partial charge < -0.3 is 9.73 Å². The quantitative estimate of drug-likeness (QED) is 0.919. The second kappa shape index (κ2) is 6.77. The first-order valence-electron chi connectivity index (χ1n) is 7.61. The number of carbonyl (C=O) groups is 1. The van der Waals surface area contributed by atoms with Crippen LogP contribution in [-0.2, 0) is 23.2 Å². The molecule has 1 aromatic carbocycles. The van der Waals surface area contributed by atoms with Gasteiger partial charge in [0, 0.05) is 6.42 Å². The van der Waals surface area contributed by atoms with Crippen LogP contribution < -0.4 is 5.32 Å². The van der Waals surface area contributed by atoms with Crippen LogP contribution >= 0.6 is 0 Å². The predicted octanol–water partition coefficient (Wildman–Crippen LogP) is 3.53. The maximum atomic E-state index is 11.9. The Kier molecular flexibility index (Phi) is 5.01. The second-order valence-electron chi connectivity index (χ2n) is 6.58. The molecule has 0 bridgehead atoms. The first-order valence-corrected chi connectivity index (χ1v) is 7.61. The Morgan fingerprint density at radius 3 is 2.45 bits per heavy atom. The third-order valence-electron chi connectivity index (χ3n) is 3.75. The van der Waals surface area contributed by atoms with Crippen LogP contribution in [0, 0.1) is 6.92 Å². The Morgan fingerprint density at radius 1 is 1.23 bits per heavy atom. The molecule has 0 unspecified atom stereocenters. The van der Waals surface area contributed by atoms with Gasteiger partial charge in [-0.3, -0.25) is 4.79 Å². The highest BCUT2D eigenvalue weighted by atomic mass is 16.3. The molecule has 0 radical (unpaired) electrons. The molecule has 2 rings (SSSR count). The lowest BCUT2D eigenvalue weighted by atomic mass is 9.86. The molecule has 0 aliphatic carbocycles. The number of oxazole rings is 1. The van der Waals surface area contributed by atoms with Crippen molar-refractivity contribution in [3.8, 4) is 0 Å². The molecule has 0 saturated heterocycles. The fourth-order valence-electron chi connectivity index (χ4n) is 2.19. The van der Waals surface area contributed by atoms with Gasteiger partial charge in [0.05, 0.1) is 12.2 Å². The van der Waals surface area contributed by atoms with Crippen LogP contribution in [0.25, 0.3) is 0 Å². The zero-order valence-corrected chi connectivity index (χ0v) is 13.8. The van der Waals surface area contributed by atoms with Gasteiger partial charge in [-0.2, -0.15) is 0 Å². The smallest absolute Gasteiger partial charge is 0.220 e. The molecule has 2 aromatic rings. The number of carbonyl (C=O) groups excluding carboxylic acids is 1. The molecule has 1 aromatic heterocycles. The van der Waals surface area contributed by atoms with Gasteiger partial charge in [-0.25, -0.2) is 4.98 Å². The van der Waals surface area contributed by atoms with Crippen molar-refractivity contribution in [1.29, 1.82) is 0 Å². The average molecular weight is 300 g/mol. The number of aryl methyl sites for hydroxylation is 2. The van der Waals surface area contributed by atoms with Gasteiger partial charge in [0.25, 0.3) is 0 Å². The van der Waals surface area contributed by atoms with Crippen LogP contribution in [0.2, 0.25) is 0 Å². The number of hydrogen-bond acceptors (Lipinski definition) is 3. The van der Waals surface area contributed by atoms with E-state index in [2.05, 4.69) is 55.3 Å². The Labute approximate surface area is 131 Å². The number of benzene rings is 1. The summed E-state index contributed by atoms with van der Waals surface area (Å²) >= 11 is 0. The summed E-state index contributed by atoms with van der Waals surface area (Å²) in [5, 5.41) is 2.86. The monoisotopic (exact) mass is 300 g/mol. The number of aromatic nitrogens is 1.